The SMILES string of the molecule is Cl.c1ccc([C@@H]2CCCN2)nc1. The number of pyridine rings is 1. The zero-order chi connectivity index (χ0) is 7.52. The lowest BCUT2D eigenvalue weighted by Crippen LogP contribution is -2.13. The Balaban J connectivity index is 0.000000720. The minimum Gasteiger partial charge on any atom is -0.309 e. The maximum atomic E-state index is 4.30. The molecule has 1 aromatic heterocycles. The van der Waals surface area contributed by atoms with Crippen molar-refractivity contribution in [3.05, 3.63) is 30.1 Å². The molecule has 0 unspecified atom stereocenters. The summed E-state index contributed by atoms with van der Waals surface area (Å²) in [7, 11) is 0. The Hall–Kier alpha value is -0.600. The van der Waals surface area contributed by atoms with Gasteiger partial charge in [0.1, 0.15) is 0 Å². The number of aromatic nitrogens is 1. The van der Waals surface area contributed by atoms with Crippen LogP contribution in [0.25, 0.3) is 0 Å². The van der Waals surface area contributed by atoms with Crippen LogP contribution in [-0.4, -0.2) is 11.5 Å². The first-order valence-electron chi connectivity index (χ1n) is 4.11. The van der Waals surface area contributed by atoms with E-state index in [1.807, 2.05) is 18.3 Å². The molecule has 0 spiro atoms. The fraction of sp³-hybridized carbons (Fsp3) is 0.444. The Kier molecular flexibility index (Phi) is 3.50. The third-order valence-electron chi connectivity index (χ3n) is 2.11. The van der Waals surface area contributed by atoms with Crippen LogP contribution in [-0.2, 0) is 0 Å². The molecular weight excluding hydrogens is 172 g/mol. The fourth-order valence-electron chi connectivity index (χ4n) is 1.52. The Morgan fingerprint density at radius 3 is 2.92 bits per heavy atom. The maximum Gasteiger partial charge on any atom is 0.0573 e. The second-order valence-electron chi connectivity index (χ2n) is 2.90. The molecule has 1 aliphatic heterocycles. The Morgan fingerprint density at radius 1 is 1.42 bits per heavy atom. The first-order valence-corrected chi connectivity index (χ1v) is 4.11. The molecule has 0 aliphatic carbocycles. The summed E-state index contributed by atoms with van der Waals surface area (Å²) < 4.78 is 0. The van der Waals surface area contributed by atoms with E-state index in [0.717, 1.165) is 6.54 Å². The number of hydrogen-bond donors (Lipinski definition) is 1. The van der Waals surface area contributed by atoms with Crippen LogP contribution in [0.3, 0.4) is 0 Å². The Labute approximate surface area is 78.8 Å². The topological polar surface area (TPSA) is 24.9 Å². The van der Waals surface area contributed by atoms with Crippen LogP contribution in [0.1, 0.15) is 24.6 Å². The van der Waals surface area contributed by atoms with Gasteiger partial charge in [-0.2, -0.15) is 0 Å². The summed E-state index contributed by atoms with van der Waals surface area (Å²) in [5.41, 5.74) is 1.19. The molecule has 2 nitrogen and oxygen atoms in total. The normalized spacial score (nSPS) is 21.8. The molecule has 0 aromatic carbocycles. The predicted octanol–water partition coefficient (Wildman–Crippen LogP) is 1.93. The monoisotopic (exact) mass is 184 g/mol. The molecule has 1 saturated heterocycles. The lowest BCUT2D eigenvalue weighted by Gasteiger charge is -2.07. The quantitative estimate of drug-likeness (QED) is 0.722. The van der Waals surface area contributed by atoms with Crippen LogP contribution < -0.4 is 5.32 Å². The molecule has 1 aliphatic rings. The van der Waals surface area contributed by atoms with Crippen molar-refractivity contribution < 1.29 is 0 Å². The van der Waals surface area contributed by atoms with Crippen molar-refractivity contribution in [2.45, 2.75) is 18.9 Å². The van der Waals surface area contributed by atoms with Crippen LogP contribution in [0.2, 0.25) is 0 Å². The summed E-state index contributed by atoms with van der Waals surface area (Å²) in [4.78, 5) is 4.30. The second-order valence-corrected chi connectivity index (χ2v) is 2.90. The van der Waals surface area contributed by atoms with Crippen molar-refractivity contribution in [3.63, 3.8) is 0 Å². The van der Waals surface area contributed by atoms with Crippen LogP contribution in [0.5, 0.6) is 0 Å². The number of rotatable bonds is 1. The van der Waals surface area contributed by atoms with Gasteiger partial charge in [0, 0.05) is 12.2 Å². The Bertz CT molecular complexity index is 219. The van der Waals surface area contributed by atoms with Gasteiger partial charge in [0.2, 0.25) is 0 Å². The van der Waals surface area contributed by atoms with E-state index in [2.05, 4.69) is 16.4 Å². The van der Waals surface area contributed by atoms with Gasteiger partial charge >= 0.3 is 0 Å². The molecule has 0 saturated carbocycles. The van der Waals surface area contributed by atoms with Gasteiger partial charge in [0.15, 0.2) is 0 Å². The van der Waals surface area contributed by atoms with Crippen LogP contribution in [0.4, 0.5) is 0 Å². The molecule has 2 heterocycles. The predicted molar refractivity (Wildman–Crippen MR) is 51.5 cm³/mol. The molecule has 0 bridgehead atoms. The van der Waals surface area contributed by atoms with Gasteiger partial charge < -0.3 is 5.32 Å². The lowest BCUT2D eigenvalue weighted by molar-refractivity contribution is 0.628. The third-order valence-corrected chi connectivity index (χ3v) is 2.11. The zero-order valence-electron chi connectivity index (χ0n) is 6.86. The standard InChI is InChI=1S/C9H12N2.ClH/c1-2-6-10-8(4-1)9-5-3-7-11-9;/h1-2,4,6,9,11H,3,5,7H2;1H/t9-;/m0./s1. The maximum absolute atomic E-state index is 4.30. The van der Waals surface area contributed by atoms with Crippen molar-refractivity contribution in [1.82, 2.24) is 10.3 Å². The molecule has 2 rings (SSSR count). The third kappa shape index (κ3) is 1.96. The van der Waals surface area contributed by atoms with Crippen molar-refractivity contribution in [3.8, 4) is 0 Å². The molecule has 3 heteroatoms. The van der Waals surface area contributed by atoms with Crippen molar-refractivity contribution in [2.75, 3.05) is 6.54 Å². The molecule has 1 fully saturated rings. The first kappa shape index (κ1) is 9.49. The van der Waals surface area contributed by atoms with Gasteiger partial charge in [-0.15, -0.1) is 12.4 Å². The van der Waals surface area contributed by atoms with E-state index in [1.54, 1.807) is 0 Å². The van der Waals surface area contributed by atoms with E-state index in [9.17, 15) is 0 Å². The van der Waals surface area contributed by atoms with Crippen LogP contribution in [0.15, 0.2) is 24.4 Å². The second kappa shape index (κ2) is 4.43. The van der Waals surface area contributed by atoms with Gasteiger partial charge in [-0.05, 0) is 31.5 Å². The number of hydrogen-bond acceptors (Lipinski definition) is 2. The summed E-state index contributed by atoms with van der Waals surface area (Å²) in [5.74, 6) is 0. The summed E-state index contributed by atoms with van der Waals surface area (Å²) in [6.45, 7) is 1.14. The zero-order valence-corrected chi connectivity index (χ0v) is 7.68. The van der Waals surface area contributed by atoms with Gasteiger partial charge in [-0.3, -0.25) is 4.98 Å². The van der Waals surface area contributed by atoms with Crippen LogP contribution in [0, 0.1) is 0 Å². The number of nitrogens with one attached hydrogen (secondary N) is 1. The van der Waals surface area contributed by atoms with E-state index < -0.39 is 0 Å². The van der Waals surface area contributed by atoms with Crippen molar-refractivity contribution in [1.29, 1.82) is 0 Å². The van der Waals surface area contributed by atoms with Gasteiger partial charge in [0.05, 0.1) is 5.69 Å². The smallest absolute Gasteiger partial charge is 0.0573 e. The van der Waals surface area contributed by atoms with E-state index in [4.69, 9.17) is 0 Å². The molecule has 1 N–H and O–H groups in total. The highest BCUT2D eigenvalue weighted by atomic mass is 35.5. The summed E-state index contributed by atoms with van der Waals surface area (Å²) >= 11 is 0. The van der Waals surface area contributed by atoms with E-state index >= 15 is 0 Å². The highest BCUT2D eigenvalue weighted by Gasteiger charge is 2.15. The summed E-state index contributed by atoms with van der Waals surface area (Å²) in [6.07, 6.45) is 4.37. The minimum atomic E-state index is 0. The van der Waals surface area contributed by atoms with E-state index in [-0.39, 0.29) is 12.4 Å². The summed E-state index contributed by atoms with van der Waals surface area (Å²) in [5, 5.41) is 3.41. The molecule has 1 atom stereocenters. The molecule has 66 valence electrons. The average Bonchev–Trinajstić information content (AvgIpc) is 2.58. The highest BCUT2D eigenvalue weighted by Crippen LogP contribution is 2.19. The molecule has 0 amide bonds. The first-order chi connectivity index (χ1) is 5.47. The minimum absolute atomic E-state index is 0. The Morgan fingerprint density at radius 2 is 2.33 bits per heavy atom. The number of nitrogens with zero attached hydrogens (tertiary/aromatic N) is 1. The van der Waals surface area contributed by atoms with Crippen molar-refractivity contribution in [2.24, 2.45) is 0 Å². The summed E-state index contributed by atoms with van der Waals surface area (Å²) in [6, 6.07) is 6.60. The van der Waals surface area contributed by atoms with Gasteiger partial charge in [0.25, 0.3) is 0 Å². The fourth-order valence-corrected chi connectivity index (χ4v) is 1.52. The van der Waals surface area contributed by atoms with E-state index in [1.165, 1.54) is 18.5 Å². The van der Waals surface area contributed by atoms with Gasteiger partial charge in [-0.25, -0.2) is 0 Å². The highest BCUT2D eigenvalue weighted by molar-refractivity contribution is 5.85. The molecular formula is C9H13ClN2. The van der Waals surface area contributed by atoms with Crippen molar-refractivity contribution >= 4 is 12.4 Å². The van der Waals surface area contributed by atoms with E-state index in [0.29, 0.717) is 6.04 Å². The average molecular weight is 185 g/mol. The van der Waals surface area contributed by atoms with Crippen LogP contribution >= 0.6 is 12.4 Å². The number of halogens is 1. The van der Waals surface area contributed by atoms with Gasteiger partial charge in [-0.1, -0.05) is 6.07 Å². The molecule has 12 heavy (non-hydrogen) atoms. The molecule has 1 aromatic rings. The molecule has 0 radical (unpaired) electrons. The largest absolute Gasteiger partial charge is 0.309 e. The lowest BCUT2D eigenvalue weighted by atomic mass is 10.1.